The number of carbonyl (C=O) groups excluding carboxylic acids is 1. The molecule has 4 atom stereocenters. The number of aliphatic imine (C=N–C) groups is 1. The van der Waals surface area contributed by atoms with Gasteiger partial charge in [-0.25, -0.2) is 9.98 Å². The molecule has 2 bridgehead atoms. The van der Waals surface area contributed by atoms with Crippen molar-refractivity contribution in [3.63, 3.8) is 0 Å². The van der Waals surface area contributed by atoms with E-state index in [-0.39, 0.29) is 42.1 Å². The molecule has 1 amide bonds. The second kappa shape index (κ2) is 9.23. The van der Waals surface area contributed by atoms with Gasteiger partial charge in [0.25, 0.3) is 0 Å². The third-order valence-corrected chi connectivity index (χ3v) is 7.74. The maximum Gasteiger partial charge on any atom is 0.232 e. The van der Waals surface area contributed by atoms with Crippen LogP contribution in [0.15, 0.2) is 41.5 Å². The highest BCUT2D eigenvalue weighted by atomic mass is 35.5. The summed E-state index contributed by atoms with van der Waals surface area (Å²) < 4.78 is 11.7. The minimum atomic E-state index is -0.867. The van der Waals surface area contributed by atoms with E-state index < -0.39 is 5.54 Å². The zero-order valence-corrected chi connectivity index (χ0v) is 22.0. The lowest BCUT2D eigenvalue weighted by Gasteiger charge is -2.44. The average Bonchev–Trinajstić information content (AvgIpc) is 3.07. The lowest BCUT2D eigenvalue weighted by molar-refractivity contribution is -0.137. The monoisotopic (exact) mass is 511 g/mol. The average molecular weight is 512 g/mol. The molecule has 8 nitrogen and oxygen atoms in total. The molecule has 2 saturated heterocycles. The van der Waals surface area contributed by atoms with Crippen molar-refractivity contribution in [2.24, 2.45) is 10.7 Å². The molecule has 1 aromatic carbocycles. The number of anilines is 2. The van der Waals surface area contributed by atoms with Crippen LogP contribution in [0.1, 0.15) is 65.4 Å². The quantitative estimate of drug-likeness (QED) is 0.557. The van der Waals surface area contributed by atoms with E-state index >= 15 is 0 Å². The van der Waals surface area contributed by atoms with Crippen LogP contribution in [0.3, 0.4) is 0 Å². The normalized spacial score (nSPS) is 29.9. The highest BCUT2D eigenvalue weighted by Crippen LogP contribution is 2.45. The Balaban J connectivity index is 1.38. The highest BCUT2D eigenvalue weighted by Gasteiger charge is 2.49. The first kappa shape index (κ1) is 24.8. The van der Waals surface area contributed by atoms with Crippen molar-refractivity contribution in [1.82, 2.24) is 9.88 Å². The molecule has 5 rings (SSSR count). The van der Waals surface area contributed by atoms with Crippen molar-refractivity contribution in [2.45, 2.75) is 89.2 Å². The topological polar surface area (TPSA) is 102 Å². The summed E-state index contributed by atoms with van der Waals surface area (Å²) in [7, 11) is 0. The summed E-state index contributed by atoms with van der Waals surface area (Å²) >= 11 is 6.87. The van der Waals surface area contributed by atoms with E-state index in [0.29, 0.717) is 16.6 Å². The van der Waals surface area contributed by atoms with Crippen LogP contribution in [-0.4, -0.2) is 45.6 Å². The third kappa shape index (κ3) is 4.76. The highest BCUT2D eigenvalue weighted by molar-refractivity contribution is 6.34. The van der Waals surface area contributed by atoms with Gasteiger partial charge in [0.15, 0.2) is 5.96 Å². The van der Waals surface area contributed by atoms with Gasteiger partial charge in [0.1, 0.15) is 0 Å². The van der Waals surface area contributed by atoms with Gasteiger partial charge in [-0.3, -0.25) is 9.69 Å². The van der Waals surface area contributed by atoms with Crippen molar-refractivity contribution in [1.29, 1.82) is 0 Å². The molecule has 0 radical (unpaired) electrons. The van der Waals surface area contributed by atoms with Crippen LogP contribution in [0, 0.1) is 0 Å². The van der Waals surface area contributed by atoms with E-state index in [1.54, 1.807) is 11.1 Å². The Morgan fingerprint density at radius 3 is 2.75 bits per heavy atom. The summed E-state index contributed by atoms with van der Waals surface area (Å²) in [5, 5.41) is 3.81. The number of aromatic nitrogens is 1. The molecule has 36 heavy (non-hydrogen) atoms. The van der Waals surface area contributed by atoms with Crippen molar-refractivity contribution in [3.05, 3.63) is 47.1 Å². The Labute approximate surface area is 217 Å². The molecule has 4 heterocycles. The van der Waals surface area contributed by atoms with Crippen molar-refractivity contribution in [3.8, 4) is 5.88 Å². The number of benzene rings is 1. The number of nitrogens with one attached hydrogen (secondary N) is 1. The number of pyridine rings is 1. The maximum absolute atomic E-state index is 13.5. The number of carbonyl (C=O) groups is 1. The summed E-state index contributed by atoms with van der Waals surface area (Å²) in [6, 6.07) is 9.39. The fraction of sp³-hybridized carbons (Fsp3) is 0.519. The van der Waals surface area contributed by atoms with E-state index in [1.165, 1.54) is 0 Å². The van der Waals surface area contributed by atoms with E-state index in [9.17, 15) is 4.79 Å². The number of nitrogens with two attached hydrogens (primary N) is 1. The Kier molecular flexibility index (Phi) is 6.37. The van der Waals surface area contributed by atoms with Gasteiger partial charge in [0, 0.05) is 17.7 Å². The first-order valence-corrected chi connectivity index (χ1v) is 13.0. The van der Waals surface area contributed by atoms with Gasteiger partial charge in [-0.1, -0.05) is 23.7 Å². The number of rotatable bonds is 6. The first-order valence-electron chi connectivity index (χ1n) is 12.6. The predicted molar refractivity (Wildman–Crippen MR) is 141 cm³/mol. The van der Waals surface area contributed by atoms with Gasteiger partial charge in [-0.05, 0) is 65.5 Å². The second-order valence-electron chi connectivity index (χ2n) is 10.9. The maximum atomic E-state index is 13.5. The molecule has 3 aliphatic heterocycles. The number of halogens is 1. The van der Waals surface area contributed by atoms with E-state index in [2.05, 4.69) is 17.2 Å². The minimum absolute atomic E-state index is 0.00988. The third-order valence-electron chi connectivity index (χ3n) is 7.34. The van der Waals surface area contributed by atoms with Crippen LogP contribution in [-0.2, 0) is 15.1 Å². The van der Waals surface area contributed by atoms with Crippen LogP contribution >= 0.6 is 11.6 Å². The fourth-order valence-electron chi connectivity index (χ4n) is 5.75. The number of fused-ring (bicyclic) bond motifs is 2. The Bertz CT molecular complexity index is 1190. The predicted octanol–water partition coefficient (Wildman–Crippen LogP) is 5.13. The molecule has 0 spiro atoms. The van der Waals surface area contributed by atoms with Crippen molar-refractivity contribution < 1.29 is 14.3 Å². The second-order valence-corrected chi connectivity index (χ2v) is 11.2. The Morgan fingerprint density at radius 2 is 2.08 bits per heavy atom. The zero-order valence-electron chi connectivity index (χ0n) is 21.3. The van der Waals surface area contributed by atoms with Gasteiger partial charge >= 0.3 is 0 Å². The van der Waals surface area contributed by atoms with E-state index in [1.807, 2.05) is 51.1 Å². The smallest absolute Gasteiger partial charge is 0.232 e. The molecular formula is C27H34ClN5O3. The molecule has 192 valence electrons. The van der Waals surface area contributed by atoms with Gasteiger partial charge < -0.3 is 20.5 Å². The Hall–Kier alpha value is -2.84. The summed E-state index contributed by atoms with van der Waals surface area (Å²) in [4.78, 5) is 24.4. The minimum Gasteiger partial charge on any atom is -0.475 e. The molecule has 2 fully saturated rings. The molecule has 1 aromatic heterocycles. The molecular weight excluding hydrogens is 478 g/mol. The van der Waals surface area contributed by atoms with E-state index in [4.69, 9.17) is 31.8 Å². The van der Waals surface area contributed by atoms with Crippen LogP contribution in [0.25, 0.3) is 0 Å². The lowest BCUT2D eigenvalue weighted by Crippen LogP contribution is -2.57. The molecule has 2 aromatic rings. The largest absolute Gasteiger partial charge is 0.475 e. The standard InChI is InChI=1S/C27H34ClN5O3/c1-16(2)35-22-9-8-17(15-30-22)31-21-7-5-6-20(24(21)28)27(4)14-23(34)33(25(29)32-27)18-12-19-10-11-26(3,13-18)36-19/h5-9,15-16,18-19,31H,10-14H2,1-4H3,(H2,29,32)/t18-,19-,26+,27+/m1/s1. The molecule has 3 aliphatic rings. The molecule has 0 saturated carbocycles. The molecule has 0 unspecified atom stereocenters. The van der Waals surface area contributed by atoms with Crippen LogP contribution in [0.2, 0.25) is 5.02 Å². The van der Waals surface area contributed by atoms with Crippen LogP contribution in [0.4, 0.5) is 11.4 Å². The Morgan fingerprint density at radius 1 is 1.28 bits per heavy atom. The van der Waals surface area contributed by atoms with Crippen molar-refractivity contribution >= 4 is 34.8 Å². The summed E-state index contributed by atoms with van der Waals surface area (Å²) in [5.74, 6) is 0.784. The van der Waals surface area contributed by atoms with Gasteiger partial charge in [-0.15, -0.1) is 0 Å². The van der Waals surface area contributed by atoms with Gasteiger partial charge in [0.2, 0.25) is 11.8 Å². The SMILES string of the molecule is CC(C)Oc1ccc(Nc2cccc([C@]3(C)CC(=O)N([C@@H]4C[C@H]5CC[C@@](C)(C4)O5)C(N)=N3)c2Cl)cn1. The van der Waals surface area contributed by atoms with E-state index in [0.717, 1.165) is 36.9 Å². The van der Waals surface area contributed by atoms with Crippen LogP contribution in [0.5, 0.6) is 5.88 Å². The van der Waals surface area contributed by atoms with Gasteiger partial charge in [-0.2, -0.15) is 0 Å². The first-order chi connectivity index (χ1) is 17.1. The zero-order chi connectivity index (χ0) is 25.7. The number of ether oxygens (including phenoxy) is 2. The molecule has 9 heteroatoms. The number of guanidine groups is 1. The summed E-state index contributed by atoms with van der Waals surface area (Å²) in [6.07, 6.45) is 5.74. The summed E-state index contributed by atoms with van der Waals surface area (Å²) in [5.41, 5.74) is 7.63. The lowest BCUT2D eigenvalue weighted by atomic mass is 9.85. The number of nitrogens with zero attached hydrogens (tertiary/aromatic N) is 3. The molecule has 0 aliphatic carbocycles. The number of amides is 1. The van der Waals surface area contributed by atoms with Crippen LogP contribution < -0.4 is 15.8 Å². The number of hydrogen-bond donors (Lipinski definition) is 2. The van der Waals surface area contributed by atoms with Gasteiger partial charge in [0.05, 0.1) is 52.4 Å². The summed E-state index contributed by atoms with van der Waals surface area (Å²) in [6.45, 7) is 7.95. The molecule has 3 N–H and O–H groups in total. The fourth-order valence-corrected chi connectivity index (χ4v) is 6.13. The number of hydrogen-bond acceptors (Lipinski definition) is 7. The van der Waals surface area contributed by atoms with Crippen molar-refractivity contribution in [2.75, 3.05) is 5.32 Å².